The van der Waals surface area contributed by atoms with Crippen LogP contribution >= 0.6 is 11.6 Å². The number of amides is 2. The molecule has 2 heterocycles. The first-order valence-corrected chi connectivity index (χ1v) is 7.96. The Kier molecular flexibility index (Phi) is 4.64. The van der Waals surface area contributed by atoms with Crippen molar-refractivity contribution in [1.82, 2.24) is 5.32 Å². The maximum Gasteiger partial charge on any atom is 0.227 e. The van der Waals surface area contributed by atoms with Gasteiger partial charge in [0.25, 0.3) is 0 Å². The van der Waals surface area contributed by atoms with Gasteiger partial charge in [0.05, 0.1) is 12.0 Å². The van der Waals surface area contributed by atoms with E-state index in [4.69, 9.17) is 16.3 Å². The summed E-state index contributed by atoms with van der Waals surface area (Å²) < 4.78 is 5.48. The topological polar surface area (TPSA) is 58.6 Å². The number of benzene rings is 1. The summed E-state index contributed by atoms with van der Waals surface area (Å²) in [6.07, 6.45) is 2.39. The minimum atomic E-state index is -0.312. The van der Waals surface area contributed by atoms with Crippen LogP contribution in [0.25, 0.3) is 0 Å². The molecule has 2 saturated heterocycles. The highest BCUT2D eigenvalue weighted by Gasteiger charge is 2.35. The molecule has 0 spiro atoms. The van der Waals surface area contributed by atoms with Gasteiger partial charge in [-0.05, 0) is 31.0 Å². The molecule has 118 valence electrons. The number of nitrogens with one attached hydrogen (secondary N) is 1. The fourth-order valence-electron chi connectivity index (χ4n) is 2.94. The predicted molar refractivity (Wildman–Crippen MR) is 83.9 cm³/mol. The molecule has 2 fully saturated rings. The van der Waals surface area contributed by atoms with E-state index in [0.717, 1.165) is 25.1 Å². The summed E-state index contributed by atoms with van der Waals surface area (Å²) in [5, 5.41) is 3.48. The van der Waals surface area contributed by atoms with Crippen LogP contribution in [0.4, 0.5) is 5.69 Å². The highest BCUT2D eigenvalue weighted by Crippen LogP contribution is 2.27. The normalized spacial score (nSPS) is 24.8. The third-order valence-corrected chi connectivity index (χ3v) is 4.38. The van der Waals surface area contributed by atoms with Gasteiger partial charge in [-0.15, -0.1) is 0 Å². The molecule has 0 unspecified atom stereocenters. The molecule has 0 radical (unpaired) electrons. The highest BCUT2D eigenvalue weighted by atomic mass is 35.5. The minimum Gasteiger partial charge on any atom is -0.376 e. The lowest BCUT2D eigenvalue weighted by Crippen LogP contribution is -2.37. The van der Waals surface area contributed by atoms with E-state index in [-0.39, 0.29) is 30.3 Å². The number of anilines is 1. The number of carbonyl (C=O) groups excluding carboxylic acids is 2. The van der Waals surface area contributed by atoms with E-state index >= 15 is 0 Å². The molecule has 5 nitrogen and oxygen atoms in total. The van der Waals surface area contributed by atoms with Crippen molar-refractivity contribution in [3.63, 3.8) is 0 Å². The van der Waals surface area contributed by atoms with Gasteiger partial charge in [-0.2, -0.15) is 0 Å². The Morgan fingerprint density at radius 1 is 1.45 bits per heavy atom. The predicted octanol–water partition coefficient (Wildman–Crippen LogP) is 1.99. The summed E-state index contributed by atoms with van der Waals surface area (Å²) >= 11 is 5.96. The van der Waals surface area contributed by atoms with Crippen molar-refractivity contribution in [1.29, 1.82) is 0 Å². The van der Waals surface area contributed by atoms with E-state index in [9.17, 15) is 9.59 Å². The van der Waals surface area contributed by atoms with Crippen molar-refractivity contribution in [3.8, 4) is 0 Å². The smallest absolute Gasteiger partial charge is 0.227 e. The molecule has 0 saturated carbocycles. The Morgan fingerprint density at radius 2 is 2.32 bits per heavy atom. The van der Waals surface area contributed by atoms with Crippen molar-refractivity contribution >= 4 is 29.1 Å². The molecule has 2 atom stereocenters. The number of halogens is 1. The van der Waals surface area contributed by atoms with Crippen LogP contribution in [0.1, 0.15) is 19.3 Å². The van der Waals surface area contributed by atoms with Gasteiger partial charge < -0.3 is 15.0 Å². The molecule has 0 aromatic heterocycles. The molecule has 1 aromatic carbocycles. The molecule has 1 N–H and O–H groups in total. The maximum atomic E-state index is 12.2. The maximum absolute atomic E-state index is 12.2. The first-order chi connectivity index (χ1) is 10.6. The van der Waals surface area contributed by atoms with E-state index in [0.29, 0.717) is 18.1 Å². The highest BCUT2D eigenvalue weighted by molar-refractivity contribution is 6.30. The molecule has 0 bridgehead atoms. The Bertz CT molecular complexity index is 572. The monoisotopic (exact) mass is 322 g/mol. The lowest BCUT2D eigenvalue weighted by atomic mass is 10.1. The van der Waals surface area contributed by atoms with E-state index in [1.807, 2.05) is 6.07 Å². The number of carbonyl (C=O) groups is 2. The van der Waals surface area contributed by atoms with E-state index < -0.39 is 0 Å². The number of hydrogen-bond acceptors (Lipinski definition) is 3. The van der Waals surface area contributed by atoms with Crippen LogP contribution in [0.15, 0.2) is 24.3 Å². The second kappa shape index (κ2) is 6.67. The number of nitrogens with zero attached hydrogens (tertiary/aromatic N) is 1. The molecule has 2 aliphatic rings. The van der Waals surface area contributed by atoms with E-state index in [1.54, 1.807) is 23.1 Å². The van der Waals surface area contributed by atoms with Crippen LogP contribution in [0.2, 0.25) is 5.02 Å². The molecule has 2 amide bonds. The van der Waals surface area contributed by atoms with Crippen LogP contribution in [0.3, 0.4) is 0 Å². The molecule has 22 heavy (non-hydrogen) atoms. The van der Waals surface area contributed by atoms with Gasteiger partial charge in [0.1, 0.15) is 0 Å². The molecule has 6 heteroatoms. The second-order valence-corrected chi connectivity index (χ2v) is 6.20. The number of hydrogen-bond donors (Lipinski definition) is 1. The first-order valence-electron chi connectivity index (χ1n) is 7.59. The zero-order valence-corrected chi connectivity index (χ0v) is 13.0. The Hall–Kier alpha value is -1.59. The van der Waals surface area contributed by atoms with Crippen LogP contribution in [-0.4, -0.2) is 37.6 Å². The summed E-state index contributed by atoms with van der Waals surface area (Å²) in [5.74, 6) is -0.430. The Morgan fingerprint density at radius 3 is 3.05 bits per heavy atom. The molecule has 1 aromatic rings. The zero-order chi connectivity index (χ0) is 15.5. The van der Waals surface area contributed by atoms with Crippen molar-refractivity contribution in [2.75, 3.05) is 24.6 Å². The van der Waals surface area contributed by atoms with Crippen LogP contribution in [-0.2, 0) is 14.3 Å². The van der Waals surface area contributed by atoms with Crippen molar-refractivity contribution in [3.05, 3.63) is 29.3 Å². The second-order valence-electron chi connectivity index (χ2n) is 5.77. The van der Waals surface area contributed by atoms with Gasteiger partial charge in [0.2, 0.25) is 11.8 Å². The molecule has 3 rings (SSSR count). The van der Waals surface area contributed by atoms with Crippen molar-refractivity contribution in [2.45, 2.75) is 25.4 Å². The lowest BCUT2D eigenvalue weighted by Gasteiger charge is -2.17. The summed E-state index contributed by atoms with van der Waals surface area (Å²) in [4.78, 5) is 26.0. The summed E-state index contributed by atoms with van der Waals surface area (Å²) in [6.45, 7) is 1.70. The molecular formula is C16H19ClN2O3. The summed E-state index contributed by atoms with van der Waals surface area (Å²) in [6, 6.07) is 7.13. The van der Waals surface area contributed by atoms with Gasteiger partial charge in [0, 0.05) is 36.8 Å². The van der Waals surface area contributed by atoms with Crippen LogP contribution < -0.4 is 10.2 Å². The fourth-order valence-corrected chi connectivity index (χ4v) is 3.13. The Labute approximate surface area is 134 Å². The van der Waals surface area contributed by atoms with E-state index in [2.05, 4.69) is 5.32 Å². The van der Waals surface area contributed by atoms with Crippen LogP contribution in [0, 0.1) is 5.92 Å². The first kappa shape index (κ1) is 15.3. The lowest BCUT2D eigenvalue weighted by molar-refractivity contribution is -0.126. The fraction of sp³-hybridized carbons (Fsp3) is 0.500. The molecule has 0 aliphatic carbocycles. The molecular weight excluding hydrogens is 304 g/mol. The van der Waals surface area contributed by atoms with Gasteiger partial charge in [-0.25, -0.2) is 0 Å². The quantitative estimate of drug-likeness (QED) is 0.922. The third-order valence-electron chi connectivity index (χ3n) is 4.14. The van der Waals surface area contributed by atoms with Crippen molar-refractivity contribution < 1.29 is 14.3 Å². The third kappa shape index (κ3) is 3.42. The summed E-state index contributed by atoms with van der Waals surface area (Å²) in [7, 11) is 0. The largest absolute Gasteiger partial charge is 0.376 e. The standard InChI is InChI=1S/C16H19ClN2O3/c17-12-3-1-4-13(8-12)19-10-11(7-15(19)20)16(21)18-9-14-5-2-6-22-14/h1,3-4,8,11,14H,2,5-7,9-10H2,(H,18,21)/t11-,14+/m1/s1. The van der Waals surface area contributed by atoms with Gasteiger partial charge in [-0.3, -0.25) is 9.59 Å². The molecule has 2 aliphatic heterocycles. The van der Waals surface area contributed by atoms with Gasteiger partial charge >= 0.3 is 0 Å². The zero-order valence-electron chi connectivity index (χ0n) is 12.3. The van der Waals surface area contributed by atoms with Gasteiger partial charge in [-0.1, -0.05) is 17.7 Å². The Balaban J connectivity index is 1.57. The average Bonchev–Trinajstić information content (AvgIpc) is 3.14. The average molecular weight is 323 g/mol. The van der Waals surface area contributed by atoms with Crippen LogP contribution in [0.5, 0.6) is 0 Å². The van der Waals surface area contributed by atoms with Gasteiger partial charge in [0.15, 0.2) is 0 Å². The van der Waals surface area contributed by atoms with Crippen molar-refractivity contribution in [2.24, 2.45) is 5.92 Å². The minimum absolute atomic E-state index is 0.0421. The number of ether oxygens (including phenoxy) is 1. The SMILES string of the molecule is O=C(NC[C@@H]1CCCO1)[C@@H]1CC(=O)N(c2cccc(Cl)c2)C1. The summed E-state index contributed by atoms with van der Waals surface area (Å²) in [5.41, 5.74) is 0.743. The van der Waals surface area contributed by atoms with E-state index in [1.165, 1.54) is 0 Å². The number of rotatable bonds is 4.